The van der Waals surface area contributed by atoms with Crippen LogP contribution in [0.5, 0.6) is 0 Å². The minimum absolute atomic E-state index is 0.00998. The van der Waals surface area contributed by atoms with Crippen molar-refractivity contribution in [2.24, 2.45) is 0 Å². The van der Waals surface area contributed by atoms with E-state index in [4.69, 9.17) is 21.3 Å². The molecule has 0 spiro atoms. The fourth-order valence-corrected chi connectivity index (χ4v) is 4.19. The summed E-state index contributed by atoms with van der Waals surface area (Å²) in [6, 6.07) is 23.0. The quantitative estimate of drug-likeness (QED) is 0.397. The Bertz CT molecular complexity index is 1480. The van der Waals surface area contributed by atoms with Crippen LogP contribution in [-0.4, -0.2) is 16.8 Å². The monoisotopic (exact) mass is 454 g/mol. The number of furan rings is 1. The van der Waals surface area contributed by atoms with Gasteiger partial charge in [0.15, 0.2) is 11.5 Å². The lowest BCUT2D eigenvalue weighted by Gasteiger charge is -2.26. The summed E-state index contributed by atoms with van der Waals surface area (Å²) in [4.78, 5) is 28.1. The third-order valence-corrected chi connectivity index (χ3v) is 5.78. The van der Waals surface area contributed by atoms with E-state index in [2.05, 4.69) is 0 Å². The van der Waals surface area contributed by atoms with Gasteiger partial charge in [0.2, 0.25) is 5.78 Å². The first-order chi connectivity index (χ1) is 16.0. The van der Waals surface area contributed by atoms with Gasteiger partial charge in [0.1, 0.15) is 5.58 Å². The smallest absolute Gasteiger partial charge is 0.294 e. The van der Waals surface area contributed by atoms with Crippen LogP contribution in [-0.2, 0) is 4.79 Å². The maximum atomic E-state index is 13.6. The molecule has 1 aliphatic heterocycles. The standard InChI is InChI=1S/C26H15ClN2O4/c27-18-8-11-20-17(12-18)13-21(33-20)24(30)22-23(16-4-2-1-3-5-16)29(26(32)25(22)31)19-9-6-15(14-28)7-10-19/h1-13,23,31H. The molecule has 4 aromatic rings. The summed E-state index contributed by atoms with van der Waals surface area (Å²) in [6.07, 6.45) is 0. The summed E-state index contributed by atoms with van der Waals surface area (Å²) in [7, 11) is 0. The van der Waals surface area contributed by atoms with Crippen molar-refractivity contribution in [3.05, 3.63) is 112 Å². The van der Waals surface area contributed by atoms with Crippen molar-refractivity contribution >= 4 is 39.9 Å². The van der Waals surface area contributed by atoms with Gasteiger partial charge in [0.05, 0.1) is 23.2 Å². The number of nitriles is 1. The lowest BCUT2D eigenvalue weighted by molar-refractivity contribution is -0.117. The number of aliphatic hydroxyl groups is 1. The average molecular weight is 455 g/mol. The van der Waals surface area contributed by atoms with E-state index < -0.39 is 23.5 Å². The van der Waals surface area contributed by atoms with Gasteiger partial charge in [-0.2, -0.15) is 5.26 Å². The summed E-state index contributed by atoms with van der Waals surface area (Å²) >= 11 is 6.04. The maximum Gasteiger partial charge on any atom is 0.294 e. The van der Waals surface area contributed by atoms with Gasteiger partial charge in [-0.3, -0.25) is 14.5 Å². The van der Waals surface area contributed by atoms with Gasteiger partial charge >= 0.3 is 0 Å². The van der Waals surface area contributed by atoms with E-state index in [-0.39, 0.29) is 11.3 Å². The molecule has 1 unspecified atom stereocenters. The molecule has 1 atom stereocenters. The maximum absolute atomic E-state index is 13.6. The molecule has 1 aromatic heterocycles. The Hall–Kier alpha value is -4.34. The second-order valence-electron chi connectivity index (χ2n) is 7.53. The fraction of sp³-hybridized carbons (Fsp3) is 0.0385. The predicted octanol–water partition coefficient (Wildman–Crippen LogP) is 5.74. The molecular formula is C26H15ClN2O4. The first kappa shape index (κ1) is 20.6. The van der Waals surface area contributed by atoms with Crippen molar-refractivity contribution in [3.63, 3.8) is 0 Å². The first-order valence-electron chi connectivity index (χ1n) is 10.0. The van der Waals surface area contributed by atoms with Crippen molar-refractivity contribution < 1.29 is 19.1 Å². The van der Waals surface area contributed by atoms with E-state index in [1.165, 1.54) is 4.90 Å². The Morgan fingerprint density at radius 1 is 1.03 bits per heavy atom. The molecule has 0 radical (unpaired) electrons. The van der Waals surface area contributed by atoms with Gasteiger partial charge in [0, 0.05) is 16.1 Å². The summed E-state index contributed by atoms with van der Waals surface area (Å²) < 4.78 is 5.72. The minimum Gasteiger partial charge on any atom is -0.503 e. The second kappa shape index (κ2) is 7.97. The van der Waals surface area contributed by atoms with Crippen LogP contribution in [0.1, 0.15) is 27.7 Å². The van der Waals surface area contributed by atoms with E-state index >= 15 is 0 Å². The van der Waals surface area contributed by atoms with E-state index in [9.17, 15) is 14.7 Å². The van der Waals surface area contributed by atoms with Crippen LogP contribution in [0.4, 0.5) is 5.69 Å². The molecule has 2 heterocycles. The number of rotatable bonds is 4. The molecule has 1 amide bonds. The molecule has 0 saturated heterocycles. The fourth-order valence-electron chi connectivity index (χ4n) is 4.01. The Morgan fingerprint density at radius 3 is 2.45 bits per heavy atom. The normalized spacial score (nSPS) is 15.8. The van der Waals surface area contributed by atoms with Gasteiger partial charge in [0.25, 0.3) is 5.91 Å². The van der Waals surface area contributed by atoms with Gasteiger partial charge in [-0.1, -0.05) is 41.9 Å². The molecular weight excluding hydrogens is 440 g/mol. The minimum atomic E-state index is -0.879. The van der Waals surface area contributed by atoms with Crippen molar-refractivity contribution in [2.75, 3.05) is 4.90 Å². The van der Waals surface area contributed by atoms with Crippen LogP contribution in [0.2, 0.25) is 5.02 Å². The number of ketones is 1. The number of anilines is 1. The van der Waals surface area contributed by atoms with Crippen LogP contribution in [0, 0.1) is 11.3 Å². The lowest BCUT2D eigenvalue weighted by Crippen LogP contribution is -2.31. The van der Waals surface area contributed by atoms with Crippen LogP contribution in [0.25, 0.3) is 11.0 Å². The van der Waals surface area contributed by atoms with E-state index in [0.717, 1.165) is 0 Å². The van der Waals surface area contributed by atoms with Crippen molar-refractivity contribution in [1.29, 1.82) is 5.26 Å². The van der Waals surface area contributed by atoms with E-state index in [0.29, 0.717) is 32.8 Å². The predicted molar refractivity (Wildman–Crippen MR) is 123 cm³/mol. The summed E-state index contributed by atoms with van der Waals surface area (Å²) in [5, 5.41) is 21.0. The van der Waals surface area contributed by atoms with E-state index in [1.54, 1.807) is 72.8 Å². The Labute approximate surface area is 193 Å². The molecule has 33 heavy (non-hydrogen) atoms. The number of hydrogen-bond donors (Lipinski definition) is 1. The summed E-state index contributed by atoms with van der Waals surface area (Å²) in [5.41, 5.74) is 1.89. The van der Waals surface area contributed by atoms with Crippen molar-refractivity contribution in [2.45, 2.75) is 6.04 Å². The third kappa shape index (κ3) is 3.45. The second-order valence-corrected chi connectivity index (χ2v) is 7.97. The van der Waals surface area contributed by atoms with Crippen LogP contribution >= 0.6 is 11.6 Å². The average Bonchev–Trinajstić information content (AvgIpc) is 3.38. The molecule has 1 aliphatic rings. The Morgan fingerprint density at radius 2 is 1.76 bits per heavy atom. The van der Waals surface area contributed by atoms with Gasteiger partial charge in [-0.15, -0.1) is 0 Å². The number of carbonyl (C=O) groups excluding carboxylic acids is 2. The van der Waals surface area contributed by atoms with Gasteiger partial charge < -0.3 is 9.52 Å². The van der Waals surface area contributed by atoms with Crippen molar-refractivity contribution in [3.8, 4) is 6.07 Å². The molecule has 5 rings (SSSR count). The molecule has 0 saturated carbocycles. The topological polar surface area (TPSA) is 94.5 Å². The number of carbonyl (C=O) groups is 2. The highest BCUT2D eigenvalue weighted by Crippen LogP contribution is 2.42. The van der Waals surface area contributed by atoms with Gasteiger partial charge in [-0.05, 0) is 54.1 Å². The number of amides is 1. The molecule has 6 nitrogen and oxygen atoms in total. The third-order valence-electron chi connectivity index (χ3n) is 5.54. The number of aliphatic hydroxyl groups excluding tert-OH is 1. The largest absolute Gasteiger partial charge is 0.503 e. The number of hydrogen-bond acceptors (Lipinski definition) is 5. The summed E-state index contributed by atoms with van der Waals surface area (Å²) in [5.74, 6) is -1.96. The highest BCUT2D eigenvalue weighted by atomic mass is 35.5. The Kier molecular flexibility index (Phi) is 4.97. The SMILES string of the molecule is N#Cc1ccc(N2C(=O)C(O)=C(C(=O)c3cc4cc(Cl)ccc4o3)C2c2ccccc2)cc1. The number of nitrogens with zero attached hydrogens (tertiary/aromatic N) is 2. The lowest BCUT2D eigenvalue weighted by atomic mass is 9.94. The molecule has 7 heteroatoms. The zero-order chi connectivity index (χ0) is 23.1. The summed E-state index contributed by atoms with van der Waals surface area (Å²) in [6.45, 7) is 0. The van der Waals surface area contributed by atoms with E-state index in [1.807, 2.05) is 12.1 Å². The zero-order valence-electron chi connectivity index (χ0n) is 17.0. The molecule has 3 aromatic carbocycles. The number of benzene rings is 3. The highest BCUT2D eigenvalue weighted by molar-refractivity contribution is 6.31. The highest BCUT2D eigenvalue weighted by Gasteiger charge is 2.45. The molecule has 0 aliphatic carbocycles. The first-order valence-corrected chi connectivity index (χ1v) is 10.4. The van der Waals surface area contributed by atoms with Crippen LogP contribution in [0.15, 0.2) is 94.6 Å². The molecule has 0 bridgehead atoms. The zero-order valence-corrected chi connectivity index (χ0v) is 17.8. The van der Waals surface area contributed by atoms with Crippen LogP contribution in [0.3, 0.4) is 0 Å². The van der Waals surface area contributed by atoms with Crippen LogP contribution < -0.4 is 4.90 Å². The molecule has 0 fully saturated rings. The van der Waals surface area contributed by atoms with Crippen molar-refractivity contribution in [1.82, 2.24) is 0 Å². The molecule has 160 valence electrons. The number of halogens is 1. The number of Topliss-reactive ketones (excluding diaryl/α,β-unsaturated/α-hetero) is 1. The number of fused-ring (bicyclic) bond motifs is 1. The molecule has 1 N–H and O–H groups in total. The Balaban J connectivity index is 1.64. The van der Waals surface area contributed by atoms with Gasteiger partial charge in [-0.25, -0.2) is 0 Å².